The van der Waals surface area contributed by atoms with Crippen molar-refractivity contribution in [3.8, 4) is 23.0 Å². The summed E-state index contributed by atoms with van der Waals surface area (Å²) in [7, 11) is 0. The van der Waals surface area contributed by atoms with Crippen molar-refractivity contribution in [3.05, 3.63) is 66.2 Å². The molecule has 0 fully saturated rings. The van der Waals surface area contributed by atoms with Gasteiger partial charge in [-0.3, -0.25) is 0 Å². The molecule has 0 amide bonds. The van der Waals surface area contributed by atoms with Crippen LogP contribution in [0.4, 0.5) is 0 Å². The molecule has 0 radical (unpaired) electrons. The van der Waals surface area contributed by atoms with Crippen LogP contribution in [0.5, 0.6) is 11.6 Å². The molecule has 6 heteroatoms. The monoisotopic (exact) mass is 346 g/mol. The zero-order chi connectivity index (χ0) is 15.9. The fraction of sp³-hybridized carbons (Fsp3) is 0.167. The molecule has 2 N–H and O–H groups in total. The van der Waals surface area contributed by atoms with Crippen LogP contribution in [0.15, 0.2) is 65.2 Å². The van der Waals surface area contributed by atoms with Gasteiger partial charge in [0, 0.05) is 18.2 Å². The molecule has 1 heterocycles. The first-order chi connectivity index (χ1) is 11.3. The van der Waals surface area contributed by atoms with Crippen molar-refractivity contribution in [2.24, 2.45) is 5.73 Å². The van der Waals surface area contributed by atoms with E-state index in [0.29, 0.717) is 31.4 Å². The van der Waals surface area contributed by atoms with E-state index in [0.717, 1.165) is 16.9 Å². The normalized spacial score (nSPS) is 10.0. The van der Waals surface area contributed by atoms with Crippen LogP contribution < -0.4 is 15.2 Å². The maximum atomic E-state index is 5.76. The van der Waals surface area contributed by atoms with Crippen LogP contribution in [-0.2, 0) is 6.61 Å². The topological polar surface area (TPSA) is 70.5 Å². The van der Waals surface area contributed by atoms with Crippen molar-refractivity contribution in [3.63, 3.8) is 0 Å². The smallest absolute Gasteiger partial charge is 0.254 e. The quantitative estimate of drug-likeness (QED) is 0.706. The minimum Gasteiger partial charge on any atom is -0.489 e. The van der Waals surface area contributed by atoms with E-state index in [1.165, 1.54) is 0 Å². The van der Waals surface area contributed by atoms with Gasteiger partial charge in [-0.25, -0.2) is 0 Å². The number of nitrogens with zero attached hydrogens (tertiary/aromatic N) is 1. The molecule has 0 spiro atoms. The first-order valence-electron chi connectivity index (χ1n) is 7.42. The summed E-state index contributed by atoms with van der Waals surface area (Å²) in [6.45, 7) is 1.40. The third-order valence-corrected chi connectivity index (χ3v) is 3.24. The van der Waals surface area contributed by atoms with Gasteiger partial charge in [-0.2, -0.15) is 0 Å². The molecule has 3 aromatic rings. The molecule has 0 saturated heterocycles. The molecular formula is C18H19ClN2O3. The Morgan fingerprint density at radius 2 is 1.71 bits per heavy atom. The van der Waals surface area contributed by atoms with E-state index in [1.807, 2.05) is 54.6 Å². The summed E-state index contributed by atoms with van der Waals surface area (Å²) in [6, 6.07) is 19.4. The van der Waals surface area contributed by atoms with Crippen molar-refractivity contribution < 1.29 is 14.0 Å². The number of nitrogens with two attached hydrogens (primary N) is 1. The minimum absolute atomic E-state index is 0. The first-order valence-corrected chi connectivity index (χ1v) is 7.42. The second kappa shape index (κ2) is 8.96. The highest BCUT2D eigenvalue weighted by molar-refractivity contribution is 5.85. The Balaban J connectivity index is 0.00000208. The van der Waals surface area contributed by atoms with E-state index >= 15 is 0 Å². The Kier molecular flexibility index (Phi) is 6.66. The molecule has 3 rings (SSSR count). The van der Waals surface area contributed by atoms with Crippen LogP contribution in [0.1, 0.15) is 5.56 Å². The molecule has 0 aliphatic heterocycles. The maximum absolute atomic E-state index is 5.76. The van der Waals surface area contributed by atoms with E-state index < -0.39 is 0 Å². The number of ether oxygens (including phenoxy) is 2. The molecule has 1 aromatic heterocycles. The van der Waals surface area contributed by atoms with Gasteiger partial charge in [0.25, 0.3) is 5.88 Å². The van der Waals surface area contributed by atoms with Gasteiger partial charge in [0.1, 0.15) is 19.0 Å². The molecule has 0 saturated carbocycles. The van der Waals surface area contributed by atoms with Crippen LogP contribution in [-0.4, -0.2) is 18.3 Å². The van der Waals surface area contributed by atoms with Crippen molar-refractivity contribution in [1.29, 1.82) is 0 Å². The second-order valence-electron chi connectivity index (χ2n) is 4.97. The second-order valence-corrected chi connectivity index (χ2v) is 4.97. The Hall–Kier alpha value is -2.50. The summed E-state index contributed by atoms with van der Waals surface area (Å²) in [4.78, 5) is 0. The lowest BCUT2D eigenvalue weighted by Crippen LogP contribution is -2.10. The Bertz CT molecular complexity index is 730. The molecule has 0 aliphatic rings. The van der Waals surface area contributed by atoms with E-state index in [9.17, 15) is 0 Å². The lowest BCUT2D eigenvalue weighted by molar-refractivity contribution is 0.288. The summed E-state index contributed by atoms with van der Waals surface area (Å²) in [5.41, 5.74) is 7.43. The maximum Gasteiger partial charge on any atom is 0.254 e. The lowest BCUT2D eigenvalue weighted by atomic mass is 10.1. The summed E-state index contributed by atoms with van der Waals surface area (Å²) in [5, 5.41) is 3.84. The van der Waals surface area contributed by atoms with Crippen molar-refractivity contribution >= 4 is 12.4 Å². The zero-order valence-corrected chi connectivity index (χ0v) is 13.9. The summed E-state index contributed by atoms with van der Waals surface area (Å²) < 4.78 is 16.3. The molecule has 126 valence electrons. The van der Waals surface area contributed by atoms with Gasteiger partial charge < -0.3 is 19.7 Å². The Labute approximate surface area is 146 Å². The number of hydrogen-bond donors (Lipinski definition) is 1. The highest BCUT2D eigenvalue weighted by atomic mass is 35.5. The van der Waals surface area contributed by atoms with Crippen molar-refractivity contribution in [1.82, 2.24) is 5.16 Å². The fourth-order valence-electron chi connectivity index (χ4n) is 2.08. The van der Waals surface area contributed by atoms with Crippen LogP contribution in [0.2, 0.25) is 0 Å². The predicted octanol–water partition coefficient (Wildman–Crippen LogP) is 3.68. The number of aromatic nitrogens is 1. The molecule has 0 aliphatic carbocycles. The predicted molar refractivity (Wildman–Crippen MR) is 94.5 cm³/mol. The van der Waals surface area contributed by atoms with E-state index in [2.05, 4.69) is 5.16 Å². The van der Waals surface area contributed by atoms with Gasteiger partial charge in [0.05, 0.1) is 0 Å². The number of hydrogen-bond acceptors (Lipinski definition) is 5. The van der Waals surface area contributed by atoms with Gasteiger partial charge in [-0.15, -0.1) is 12.4 Å². The van der Waals surface area contributed by atoms with E-state index in [1.54, 1.807) is 6.07 Å². The van der Waals surface area contributed by atoms with Crippen molar-refractivity contribution in [2.45, 2.75) is 6.61 Å². The highest BCUT2D eigenvalue weighted by Crippen LogP contribution is 2.25. The molecule has 24 heavy (non-hydrogen) atoms. The molecule has 2 aromatic carbocycles. The van der Waals surface area contributed by atoms with Crippen molar-refractivity contribution in [2.75, 3.05) is 13.2 Å². The molecule has 5 nitrogen and oxygen atoms in total. The SMILES string of the molecule is Cl.NCCOc1cc(-c2ccc(OCc3ccccc3)cc2)on1. The van der Waals surface area contributed by atoms with Crippen LogP contribution in [0, 0.1) is 0 Å². The molecule has 0 unspecified atom stereocenters. The Morgan fingerprint density at radius 3 is 2.42 bits per heavy atom. The highest BCUT2D eigenvalue weighted by Gasteiger charge is 2.07. The zero-order valence-electron chi connectivity index (χ0n) is 13.1. The number of rotatable bonds is 7. The van der Waals surface area contributed by atoms with Gasteiger partial charge >= 0.3 is 0 Å². The third-order valence-electron chi connectivity index (χ3n) is 3.24. The summed E-state index contributed by atoms with van der Waals surface area (Å²) >= 11 is 0. The summed E-state index contributed by atoms with van der Waals surface area (Å²) in [6.07, 6.45) is 0. The molecule has 0 atom stereocenters. The minimum atomic E-state index is 0. The van der Waals surface area contributed by atoms with Gasteiger partial charge in [0.15, 0.2) is 5.76 Å². The average Bonchev–Trinajstić information content (AvgIpc) is 3.08. The third kappa shape index (κ3) is 4.75. The fourth-order valence-corrected chi connectivity index (χ4v) is 2.08. The van der Waals surface area contributed by atoms with E-state index in [4.69, 9.17) is 19.7 Å². The molecule has 0 bridgehead atoms. The number of halogens is 1. The van der Waals surface area contributed by atoms with Crippen LogP contribution >= 0.6 is 12.4 Å². The summed E-state index contributed by atoms with van der Waals surface area (Å²) in [5.74, 6) is 1.89. The van der Waals surface area contributed by atoms with Gasteiger partial charge in [-0.05, 0) is 35.0 Å². The standard InChI is InChI=1S/C18H18N2O3.ClH/c19-10-11-21-18-12-17(23-20-18)15-6-8-16(9-7-15)22-13-14-4-2-1-3-5-14;/h1-9,12H,10-11,13,19H2;1H. The van der Waals surface area contributed by atoms with E-state index in [-0.39, 0.29) is 12.4 Å². The first kappa shape index (κ1) is 17.8. The largest absolute Gasteiger partial charge is 0.489 e. The number of benzene rings is 2. The van der Waals surface area contributed by atoms with Gasteiger partial charge in [-0.1, -0.05) is 30.3 Å². The van der Waals surface area contributed by atoms with Crippen LogP contribution in [0.3, 0.4) is 0 Å². The average molecular weight is 347 g/mol. The van der Waals surface area contributed by atoms with Gasteiger partial charge in [0.2, 0.25) is 0 Å². The lowest BCUT2D eigenvalue weighted by Gasteiger charge is -2.06. The molecular weight excluding hydrogens is 328 g/mol. The van der Waals surface area contributed by atoms with Crippen LogP contribution in [0.25, 0.3) is 11.3 Å². The Morgan fingerprint density at radius 1 is 0.958 bits per heavy atom.